The number of hydrogen-bond donors (Lipinski definition) is 2. The lowest BCUT2D eigenvalue weighted by molar-refractivity contribution is -0.0426. The molecule has 3 aromatic rings. The maximum absolute atomic E-state index is 9.56. The van der Waals surface area contributed by atoms with E-state index in [4.69, 9.17) is 0 Å². The summed E-state index contributed by atoms with van der Waals surface area (Å²) in [6.07, 6.45) is 5.15. The molecule has 0 unspecified atom stereocenters. The number of aromatic nitrogens is 5. The summed E-state index contributed by atoms with van der Waals surface area (Å²) in [6, 6.07) is 10.2. The second kappa shape index (κ2) is 6.09. The fourth-order valence-corrected chi connectivity index (χ4v) is 3.60. The predicted molar refractivity (Wildman–Crippen MR) is 92.5 cm³/mol. The van der Waals surface area contributed by atoms with Crippen molar-refractivity contribution in [1.29, 1.82) is 0 Å². The summed E-state index contributed by atoms with van der Waals surface area (Å²) in [7, 11) is 1.84. The van der Waals surface area contributed by atoms with Crippen molar-refractivity contribution in [1.82, 2.24) is 24.5 Å². The molecule has 130 valence electrons. The Morgan fingerprint density at radius 3 is 2.48 bits per heavy atom. The van der Waals surface area contributed by atoms with Gasteiger partial charge in [0, 0.05) is 24.1 Å². The Hall–Kier alpha value is -2.51. The van der Waals surface area contributed by atoms with E-state index in [0.29, 0.717) is 0 Å². The molecule has 1 aliphatic carbocycles. The highest BCUT2D eigenvalue weighted by atomic mass is 16.3. The van der Waals surface area contributed by atoms with Crippen LogP contribution in [0.25, 0.3) is 22.6 Å². The second-order valence-corrected chi connectivity index (χ2v) is 6.87. The monoisotopic (exact) mass is 339 g/mol. The number of benzene rings is 1. The minimum absolute atomic E-state index is 0.000710. The zero-order chi connectivity index (χ0) is 17.4. The van der Waals surface area contributed by atoms with Gasteiger partial charge in [0.15, 0.2) is 0 Å². The average Bonchev–Trinajstić information content (AvgIpc) is 3.22. The maximum atomic E-state index is 9.56. The highest BCUT2D eigenvalue weighted by Crippen LogP contribution is 2.49. The Kier molecular flexibility index (Phi) is 3.89. The Balaban J connectivity index is 1.77. The number of hydrogen-bond acceptors (Lipinski definition) is 5. The Labute approximate surface area is 145 Å². The summed E-state index contributed by atoms with van der Waals surface area (Å²) in [5.74, 6) is 0. The third-order valence-electron chi connectivity index (χ3n) is 5.09. The van der Waals surface area contributed by atoms with Gasteiger partial charge in [-0.1, -0.05) is 35.5 Å². The van der Waals surface area contributed by atoms with Crippen molar-refractivity contribution in [2.45, 2.75) is 18.9 Å². The third kappa shape index (κ3) is 2.65. The number of aliphatic hydroxyl groups is 2. The molecule has 4 rings (SSSR count). The van der Waals surface area contributed by atoms with E-state index in [1.54, 1.807) is 4.68 Å². The maximum Gasteiger partial charge on any atom is 0.131 e. The Morgan fingerprint density at radius 1 is 1.16 bits per heavy atom. The zero-order valence-electron chi connectivity index (χ0n) is 14.1. The molecule has 0 bridgehead atoms. The SMILES string of the molecule is Cn1cc(-c2c(-c3ccccc3)ncn2C2CC(CO)(CO)C2)nn1. The van der Waals surface area contributed by atoms with E-state index in [1.807, 2.05) is 49.9 Å². The van der Waals surface area contributed by atoms with Crippen molar-refractivity contribution in [3.05, 3.63) is 42.9 Å². The molecule has 0 aliphatic heterocycles. The lowest BCUT2D eigenvalue weighted by Crippen LogP contribution is -2.44. The van der Waals surface area contributed by atoms with E-state index in [9.17, 15) is 10.2 Å². The fraction of sp³-hybridized carbons (Fsp3) is 0.389. The molecule has 1 saturated carbocycles. The van der Waals surface area contributed by atoms with Gasteiger partial charge >= 0.3 is 0 Å². The standard InChI is InChI=1S/C18H21N5O2/c1-22-9-15(20-21-22)17-16(13-5-3-2-4-6-13)19-12-23(17)14-7-18(8-14,10-24)11-25/h2-6,9,12,14,24-25H,7-8,10-11H2,1H3. The molecule has 2 N–H and O–H groups in total. The minimum Gasteiger partial charge on any atom is -0.396 e. The molecular weight excluding hydrogens is 318 g/mol. The van der Waals surface area contributed by atoms with Crippen molar-refractivity contribution in [3.63, 3.8) is 0 Å². The van der Waals surface area contributed by atoms with Crippen LogP contribution in [0.15, 0.2) is 42.9 Å². The molecule has 7 heteroatoms. The first kappa shape index (κ1) is 16.0. The van der Waals surface area contributed by atoms with Crippen LogP contribution in [0.3, 0.4) is 0 Å². The molecule has 0 saturated heterocycles. The molecule has 0 amide bonds. The first-order chi connectivity index (χ1) is 12.2. The summed E-state index contributed by atoms with van der Waals surface area (Å²) in [5, 5.41) is 27.5. The van der Waals surface area contributed by atoms with Crippen LogP contribution in [0.5, 0.6) is 0 Å². The topological polar surface area (TPSA) is 89.0 Å². The summed E-state index contributed by atoms with van der Waals surface area (Å²) in [6.45, 7) is 0.00142. The van der Waals surface area contributed by atoms with Crippen LogP contribution in [0, 0.1) is 5.41 Å². The molecule has 1 aromatic carbocycles. The van der Waals surface area contributed by atoms with Crippen LogP contribution in [-0.4, -0.2) is 48.0 Å². The van der Waals surface area contributed by atoms with Gasteiger partial charge in [-0.05, 0) is 12.8 Å². The van der Waals surface area contributed by atoms with Crippen molar-refractivity contribution in [3.8, 4) is 22.6 Å². The molecule has 2 heterocycles. The van der Waals surface area contributed by atoms with Gasteiger partial charge in [-0.2, -0.15) is 0 Å². The molecule has 7 nitrogen and oxygen atoms in total. The van der Waals surface area contributed by atoms with Crippen molar-refractivity contribution < 1.29 is 10.2 Å². The summed E-state index contributed by atoms with van der Waals surface area (Å²) in [5.41, 5.74) is 3.20. The van der Waals surface area contributed by atoms with Gasteiger partial charge in [-0.3, -0.25) is 4.68 Å². The number of imidazole rings is 1. The van der Waals surface area contributed by atoms with Gasteiger partial charge in [0.1, 0.15) is 5.69 Å². The van der Waals surface area contributed by atoms with Crippen LogP contribution in [0.1, 0.15) is 18.9 Å². The van der Waals surface area contributed by atoms with Gasteiger partial charge in [-0.15, -0.1) is 5.10 Å². The molecule has 0 atom stereocenters. The lowest BCUT2D eigenvalue weighted by Gasteiger charge is -2.46. The van der Waals surface area contributed by atoms with Crippen molar-refractivity contribution in [2.24, 2.45) is 12.5 Å². The normalized spacial score (nSPS) is 16.8. The van der Waals surface area contributed by atoms with E-state index in [1.165, 1.54) is 0 Å². The van der Waals surface area contributed by atoms with Gasteiger partial charge in [-0.25, -0.2) is 4.98 Å². The zero-order valence-corrected chi connectivity index (χ0v) is 14.1. The van der Waals surface area contributed by atoms with Crippen LogP contribution < -0.4 is 0 Å². The van der Waals surface area contributed by atoms with Gasteiger partial charge < -0.3 is 14.8 Å². The van der Waals surface area contributed by atoms with E-state index >= 15 is 0 Å². The van der Waals surface area contributed by atoms with Crippen LogP contribution in [-0.2, 0) is 7.05 Å². The lowest BCUT2D eigenvalue weighted by atomic mass is 9.66. The highest BCUT2D eigenvalue weighted by molar-refractivity contribution is 5.76. The quantitative estimate of drug-likeness (QED) is 0.738. The number of aliphatic hydroxyl groups excluding tert-OH is 2. The summed E-state index contributed by atoms with van der Waals surface area (Å²) < 4.78 is 3.78. The molecule has 2 aromatic heterocycles. The predicted octanol–water partition coefficient (Wildman–Crippen LogP) is 1.65. The van der Waals surface area contributed by atoms with Gasteiger partial charge in [0.25, 0.3) is 0 Å². The largest absolute Gasteiger partial charge is 0.396 e. The molecule has 1 aliphatic rings. The van der Waals surface area contributed by atoms with E-state index in [0.717, 1.165) is 35.5 Å². The van der Waals surface area contributed by atoms with Crippen LogP contribution in [0.4, 0.5) is 0 Å². The summed E-state index contributed by atoms with van der Waals surface area (Å²) >= 11 is 0. The fourth-order valence-electron chi connectivity index (χ4n) is 3.60. The second-order valence-electron chi connectivity index (χ2n) is 6.87. The Morgan fingerprint density at radius 2 is 1.88 bits per heavy atom. The number of aryl methyl sites for hydroxylation is 1. The smallest absolute Gasteiger partial charge is 0.131 e. The first-order valence-electron chi connectivity index (χ1n) is 8.36. The van der Waals surface area contributed by atoms with E-state index < -0.39 is 0 Å². The van der Waals surface area contributed by atoms with E-state index in [2.05, 4.69) is 19.9 Å². The highest BCUT2D eigenvalue weighted by Gasteiger charge is 2.45. The molecular formula is C18H21N5O2. The molecule has 25 heavy (non-hydrogen) atoms. The third-order valence-corrected chi connectivity index (χ3v) is 5.09. The van der Waals surface area contributed by atoms with Crippen LogP contribution >= 0.6 is 0 Å². The average molecular weight is 339 g/mol. The van der Waals surface area contributed by atoms with E-state index in [-0.39, 0.29) is 24.7 Å². The number of rotatable bonds is 5. The summed E-state index contributed by atoms with van der Waals surface area (Å²) in [4.78, 5) is 4.64. The molecule has 0 radical (unpaired) electrons. The van der Waals surface area contributed by atoms with Crippen LogP contribution in [0.2, 0.25) is 0 Å². The Bertz CT molecular complexity index is 859. The van der Waals surface area contributed by atoms with Gasteiger partial charge in [0.05, 0.1) is 37.1 Å². The van der Waals surface area contributed by atoms with Crippen molar-refractivity contribution >= 4 is 0 Å². The number of nitrogens with zero attached hydrogens (tertiary/aromatic N) is 5. The first-order valence-corrected chi connectivity index (χ1v) is 8.36. The molecule has 0 spiro atoms. The molecule has 1 fully saturated rings. The van der Waals surface area contributed by atoms with Gasteiger partial charge in [0.2, 0.25) is 0 Å². The minimum atomic E-state index is -0.387. The van der Waals surface area contributed by atoms with Crippen molar-refractivity contribution in [2.75, 3.05) is 13.2 Å².